The third-order valence-corrected chi connectivity index (χ3v) is 0.773. The van der Waals surface area contributed by atoms with E-state index in [1.807, 2.05) is 12.1 Å². The van der Waals surface area contributed by atoms with Crippen molar-refractivity contribution in [3.05, 3.63) is 35.9 Å². The Balaban J connectivity index is 3.01. The molecule has 1 rings (SSSR count). The quantitative estimate of drug-likeness (QED) is 0.461. The van der Waals surface area contributed by atoms with Gasteiger partial charge in [-0.15, -0.1) is 0 Å². The first kappa shape index (κ1) is 2.51. The van der Waals surface area contributed by atoms with E-state index >= 15 is 0 Å². The molecule has 36 valence electrons. The highest BCUT2D eigenvalue weighted by atomic mass is 13.8. The SMILES string of the molecule is [2H]Cc1ccccc1[2H]. The average molecular weight is 94.2 g/mol. The van der Waals surface area contributed by atoms with E-state index in [9.17, 15) is 0 Å². The summed E-state index contributed by atoms with van der Waals surface area (Å²) in [5.41, 5.74) is 0.789. The van der Waals surface area contributed by atoms with Crippen molar-refractivity contribution in [3.8, 4) is 0 Å². The van der Waals surface area contributed by atoms with E-state index in [4.69, 9.17) is 2.74 Å². The van der Waals surface area contributed by atoms with Gasteiger partial charge < -0.3 is 0 Å². The Hall–Kier alpha value is -0.780. The fraction of sp³-hybridized carbons (Fsp3) is 0.143. The normalized spacial score (nSPS) is 12.6. The van der Waals surface area contributed by atoms with E-state index in [0.717, 1.165) is 5.56 Å². The van der Waals surface area contributed by atoms with Crippen LogP contribution >= 0.6 is 0 Å². The lowest BCUT2D eigenvalue weighted by molar-refractivity contribution is 1.48. The van der Waals surface area contributed by atoms with Crippen LogP contribution in [0.2, 0.25) is 0 Å². The molecular weight excluding hydrogens is 84.1 g/mol. The van der Waals surface area contributed by atoms with E-state index in [-0.39, 0.29) is 6.90 Å². The molecule has 0 heteroatoms. The van der Waals surface area contributed by atoms with Crippen molar-refractivity contribution in [2.75, 3.05) is 0 Å². The Morgan fingerprint density at radius 2 is 2.57 bits per heavy atom. The molecule has 0 bridgehead atoms. The second kappa shape index (κ2) is 1.78. The van der Waals surface area contributed by atoms with Crippen LogP contribution in [0.4, 0.5) is 0 Å². The second-order valence-corrected chi connectivity index (χ2v) is 1.39. The molecular formula is C7H8. The fourth-order valence-corrected chi connectivity index (χ4v) is 0.431. The molecule has 0 nitrogen and oxygen atoms in total. The van der Waals surface area contributed by atoms with Gasteiger partial charge in [-0.25, -0.2) is 0 Å². The molecule has 0 amide bonds. The number of aryl methyl sites for hydroxylation is 1. The molecule has 0 unspecified atom stereocenters. The maximum absolute atomic E-state index is 7.25. The van der Waals surface area contributed by atoms with Crippen LogP contribution in [0.15, 0.2) is 30.3 Å². The van der Waals surface area contributed by atoms with Gasteiger partial charge in [0.15, 0.2) is 0 Å². The molecule has 0 heterocycles. The third kappa shape index (κ3) is 1.04. The highest BCUT2D eigenvalue weighted by Crippen LogP contribution is 1.92. The van der Waals surface area contributed by atoms with Crippen molar-refractivity contribution in [3.63, 3.8) is 0 Å². The van der Waals surface area contributed by atoms with E-state index in [0.29, 0.717) is 6.04 Å². The summed E-state index contributed by atoms with van der Waals surface area (Å²) in [6, 6.07) is 7.62. The van der Waals surface area contributed by atoms with Crippen LogP contribution in [-0.4, -0.2) is 0 Å². The minimum atomic E-state index is 0.208. The van der Waals surface area contributed by atoms with E-state index in [1.165, 1.54) is 0 Å². The highest BCUT2D eigenvalue weighted by Gasteiger charge is 1.72. The molecule has 1 aromatic rings. The molecule has 7 heavy (non-hydrogen) atoms. The molecule has 0 aliphatic rings. The zero-order valence-corrected chi connectivity index (χ0v) is 4.02. The first-order valence-corrected chi connectivity index (χ1v) is 2.18. The molecule has 0 saturated heterocycles. The van der Waals surface area contributed by atoms with Crippen molar-refractivity contribution in [1.82, 2.24) is 0 Å². The van der Waals surface area contributed by atoms with Crippen LogP contribution < -0.4 is 0 Å². The lowest BCUT2D eigenvalue weighted by atomic mass is 10.2. The summed E-state index contributed by atoms with van der Waals surface area (Å²) in [4.78, 5) is 0. The van der Waals surface area contributed by atoms with Gasteiger partial charge in [0.05, 0.1) is 1.37 Å². The Morgan fingerprint density at radius 3 is 3.14 bits per heavy atom. The molecule has 0 spiro atoms. The molecule has 0 N–H and O–H groups in total. The van der Waals surface area contributed by atoms with Crippen molar-refractivity contribution in [1.29, 1.82) is 0 Å². The van der Waals surface area contributed by atoms with Gasteiger partial charge in [-0.05, 0) is 6.90 Å². The molecule has 0 aromatic heterocycles. The second-order valence-electron chi connectivity index (χ2n) is 1.39. The third-order valence-electron chi connectivity index (χ3n) is 0.773. The van der Waals surface area contributed by atoms with Gasteiger partial charge in [0.25, 0.3) is 0 Å². The Bertz CT molecular complexity index is 196. The molecule has 0 atom stereocenters. The number of hydrogen-bond acceptors (Lipinski definition) is 0. The van der Waals surface area contributed by atoms with Crippen molar-refractivity contribution in [2.24, 2.45) is 0 Å². The monoisotopic (exact) mass is 94.1 g/mol. The van der Waals surface area contributed by atoms with Gasteiger partial charge in [-0.1, -0.05) is 35.9 Å². The summed E-state index contributed by atoms with van der Waals surface area (Å²) in [6.45, 7) is 0.208. The van der Waals surface area contributed by atoms with Gasteiger partial charge >= 0.3 is 0 Å². The summed E-state index contributed by atoms with van der Waals surface area (Å²) in [6.07, 6.45) is 0. The zero-order valence-electron chi connectivity index (χ0n) is 6.02. The highest BCUT2D eigenvalue weighted by molar-refractivity contribution is 5.11. The van der Waals surface area contributed by atoms with E-state index in [2.05, 4.69) is 0 Å². The largest absolute Gasteiger partial charge is 0.0625 e. The zero-order chi connectivity index (χ0) is 6.69. The van der Waals surface area contributed by atoms with Gasteiger partial charge in [-0.2, -0.15) is 0 Å². The number of hydrogen-bond donors (Lipinski definition) is 0. The smallest absolute Gasteiger partial charge is 0.0622 e. The van der Waals surface area contributed by atoms with Crippen molar-refractivity contribution >= 4 is 0 Å². The van der Waals surface area contributed by atoms with Gasteiger partial charge in [-0.3, -0.25) is 0 Å². The minimum absolute atomic E-state index is 0.208. The Labute approximate surface area is 46.6 Å². The molecule has 0 fully saturated rings. The van der Waals surface area contributed by atoms with Crippen LogP contribution in [0.3, 0.4) is 0 Å². The predicted octanol–water partition coefficient (Wildman–Crippen LogP) is 2.00. The summed E-state index contributed by atoms with van der Waals surface area (Å²) in [5.74, 6) is 0. The van der Waals surface area contributed by atoms with Crippen LogP contribution in [0.25, 0.3) is 0 Å². The summed E-state index contributed by atoms with van der Waals surface area (Å²) >= 11 is 0. The molecule has 0 aliphatic heterocycles. The van der Waals surface area contributed by atoms with Gasteiger partial charge in [0.2, 0.25) is 0 Å². The maximum atomic E-state index is 7.25. The van der Waals surface area contributed by atoms with Crippen molar-refractivity contribution < 1.29 is 2.74 Å². The molecule has 0 aliphatic carbocycles. The summed E-state index contributed by atoms with van der Waals surface area (Å²) in [5, 5.41) is 0. The lowest BCUT2D eigenvalue weighted by Crippen LogP contribution is -1.62. The average Bonchev–Trinajstić information content (AvgIpc) is 1.89. The van der Waals surface area contributed by atoms with Gasteiger partial charge in [0.1, 0.15) is 0 Å². The summed E-state index contributed by atoms with van der Waals surface area (Å²) < 4.78 is 14.2. The standard InChI is InChI=1S/C7H8/c1-7-5-3-2-4-6-7/h2-6H,1H3/i1D,5D. The first-order valence-electron chi connectivity index (χ1n) is 3.39. The molecule has 0 saturated carbocycles. The van der Waals surface area contributed by atoms with Crippen LogP contribution in [0.5, 0.6) is 0 Å². The number of benzene rings is 1. The van der Waals surface area contributed by atoms with Crippen LogP contribution in [0, 0.1) is 6.90 Å². The van der Waals surface area contributed by atoms with Crippen LogP contribution in [0.1, 0.15) is 8.30 Å². The number of rotatable bonds is 0. The van der Waals surface area contributed by atoms with Crippen LogP contribution in [-0.2, 0) is 0 Å². The summed E-state index contributed by atoms with van der Waals surface area (Å²) in [7, 11) is 0. The topological polar surface area (TPSA) is 0 Å². The predicted molar refractivity (Wildman–Crippen MR) is 31.2 cm³/mol. The molecule has 1 aromatic carbocycles. The lowest BCUT2D eigenvalue weighted by Gasteiger charge is -1.82. The van der Waals surface area contributed by atoms with Gasteiger partial charge in [0, 0.05) is 1.37 Å². The van der Waals surface area contributed by atoms with E-state index in [1.54, 1.807) is 12.1 Å². The fourth-order valence-electron chi connectivity index (χ4n) is 0.431. The Morgan fingerprint density at radius 1 is 1.57 bits per heavy atom. The minimum Gasteiger partial charge on any atom is -0.0622 e. The molecule has 0 radical (unpaired) electrons. The first-order chi connectivity index (χ1) is 4.34. The maximum Gasteiger partial charge on any atom is 0.0625 e. The van der Waals surface area contributed by atoms with Crippen molar-refractivity contribution in [2.45, 2.75) is 6.90 Å². The Kier molecular flexibility index (Phi) is 0.639. The van der Waals surface area contributed by atoms with E-state index < -0.39 is 0 Å².